The quantitative estimate of drug-likeness (QED) is 0.597. The summed E-state index contributed by atoms with van der Waals surface area (Å²) in [5.74, 6) is 5.31. The minimum absolute atomic E-state index is 0.153. The van der Waals surface area contributed by atoms with Gasteiger partial charge in [0, 0.05) is 0 Å². The van der Waals surface area contributed by atoms with E-state index in [1.54, 1.807) is 0 Å². The van der Waals surface area contributed by atoms with Gasteiger partial charge in [-0.2, -0.15) is 0 Å². The van der Waals surface area contributed by atoms with Crippen molar-refractivity contribution in [1.29, 1.82) is 0 Å². The number of esters is 1. The van der Waals surface area contributed by atoms with Crippen LogP contribution in [0.2, 0.25) is 0 Å². The Morgan fingerprint density at radius 3 is 2.48 bits per heavy atom. The molecule has 0 aromatic heterocycles. The first-order valence-electron chi connectivity index (χ1n) is 11.2. The number of fused-ring (bicyclic) bond motifs is 4. The van der Waals surface area contributed by atoms with Crippen LogP contribution in [0.4, 0.5) is 0 Å². The largest absolute Gasteiger partial charge is 0.458 e. The second kappa shape index (κ2) is 6.57. The molecule has 4 bridgehead atoms. The summed E-state index contributed by atoms with van der Waals surface area (Å²) < 4.78 is 6.60. The molecule has 4 aliphatic carbocycles. The molecule has 0 aromatic carbocycles. The Bertz CT molecular complexity index is 508. The van der Waals surface area contributed by atoms with Crippen LogP contribution in [-0.4, -0.2) is 11.6 Å². The van der Waals surface area contributed by atoms with E-state index in [2.05, 4.69) is 27.7 Å². The van der Waals surface area contributed by atoms with E-state index in [1.807, 2.05) is 0 Å². The third-order valence-electron chi connectivity index (χ3n) is 9.32. The summed E-state index contributed by atoms with van der Waals surface area (Å²) in [6, 6.07) is 0. The van der Waals surface area contributed by atoms with Crippen LogP contribution in [0.25, 0.3) is 0 Å². The van der Waals surface area contributed by atoms with Crippen molar-refractivity contribution in [3.8, 4) is 0 Å². The third kappa shape index (κ3) is 2.69. The summed E-state index contributed by atoms with van der Waals surface area (Å²) in [7, 11) is 0. The van der Waals surface area contributed by atoms with Crippen molar-refractivity contribution in [3.05, 3.63) is 0 Å². The van der Waals surface area contributed by atoms with Crippen molar-refractivity contribution in [2.75, 3.05) is 0 Å². The Hall–Kier alpha value is -0.530. The van der Waals surface area contributed by atoms with E-state index in [-0.39, 0.29) is 17.5 Å². The number of rotatable bonds is 4. The van der Waals surface area contributed by atoms with Crippen LogP contribution in [-0.2, 0) is 9.53 Å². The molecule has 0 heterocycles. The first-order valence-corrected chi connectivity index (χ1v) is 11.2. The first kappa shape index (κ1) is 17.9. The van der Waals surface area contributed by atoms with Gasteiger partial charge in [0.25, 0.3) is 0 Å². The highest BCUT2D eigenvalue weighted by atomic mass is 16.6. The van der Waals surface area contributed by atoms with Crippen LogP contribution in [0.1, 0.15) is 85.5 Å². The van der Waals surface area contributed by atoms with Crippen molar-refractivity contribution < 1.29 is 9.53 Å². The molecule has 0 saturated heterocycles. The molecular weight excluding hydrogens is 308 g/mol. The van der Waals surface area contributed by atoms with Gasteiger partial charge in [-0.05, 0) is 86.4 Å². The standard InChI is InChI=1S/C23H38O2/c1-5-18-10-16-8-7-9-19(11-16)23(18,6-2)25-22(24)21-13-17-12-20(21)15(4)14(17)3/h14-21H,5-13H2,1-4H3. The van der Waals surface area contributed by atoms with Crippen molar-refractivity contribution in [1.82, 2.24) is 0 Å². The lowest BCUT2D eigenvalue weighted by atomic mass is 9.58. The maximum atomic E-state index is 13.3. The van der Waals surface area contributed by atoms with E-state index in [9.17, 15) is 4.79 Å². The summed E-state index contributed by atoms with van der Waals surface area (Å²) >= 11 is 0. The predicted molar refractivity (Wildman–Crippen MR) is 101 cm³/mol. The lowest BCUT2D eigenvalue weighted by Gasteiger charge is -2.53. The fraction of sp³-hybridized carbons (Fsp3) is 0.957. The molecule has 0 aliphatic heterocycles. The Morgan fingerprint density at radius 2 is 1.84 bits per heavy atom. The number of ether oxygens (including phenoxy) is 1. The smallest absolute Gasteiger partial charge is 0.309 e. The molecule has 0 aromatic rings. The van der Waals surface area contributed by atoms with Gasteiger partial charge >= 0.3 is 5.97 Å². The zero-order valence-corrected chi connectivity index (χ0v) is 16.8. The van der Waals surface area contributed by atoms with Crippen LogP contribution >= 0.6 is 0 Å². The second-order valence-electron chi connectivity index (χ2n) is 10.0. The number of carbonyl (C=O) groups is 1. The van der Waals surface area contributed by atoms with Gasteiger partial charge in [-0.15, -0.1) is 0 Å². The highest BCUT2D eigenvalue weighted by Gasteiger charge is 2.56. The Kier molecular flexibility index (Phi) is 4.69. The van der Waals surface area contributed by atoms with Gasteiger partial charge in [-0.25, -0.2) is 0 Å². The molecule has 2 nitrogen and oxygen atoms in total. The van der Waals surface area contributed by atoms with Gasteiger partial charge in [0.05, 0.1) is 5.92 Å². The van der Waals surface area contributed by atoms with Crippen LogP contribution in [0.15, 0.2) is 0 Å². The summed E-state index contributed by atoms with van der Waals surface area (Å²) in [5, 5.41) is 0. The average molecular weight is 347 g/mol. The monoisotopic (exact) mass is 346 g/mol. The molecule has 4 rings (SSSR count). The lowest BCUT2D eigenvalue weighted by molar-refractivity contribution is -0.197. The van der Waals surface area contributed by atoms with Crippen LogP contribution < -0.4 is 0 Å². The minimum Gasteiger partial charge on any atom is -0.458 e. The van der Waals surface area contributed by atoms with Crippen LogP contribution in [0.3, 0.4) is 0 Å². The van der Waals surface area contributed by atoms with Gasteiger partial charge in [-0.1, -0.05) is 40.5 Å². The van der Waals surface area contributed by atoms with Gasteiger partial charge in [-0.3, -0.25) is 4.79 Å². The highest BCUT2D eigenvalue weighted by Crippen LogP contribution is 2.57. The van der Waals surface area contributed by atoms with Gasteiger partial charge in [0.1, 0.15) is 5.60 Å². The number of hydrogen-bond donors (Lipinski definition) is 0. The zero-order valence-electron chi connectivity index (χ0n) is 16.8. The molecule has 0 spiro atoms. The van der Waals surface area contributed by atoms with E-state index in [1.165, 1.54) is 38.5 Å². The number of hydrogen-bond acceptors (Lipinski definition) is 2. The van der Waals surface area contributed by atoms with E-state index in [0.29, 0.717) is 23.7 Å². The minimum atomic E-state index is -0.153. The van der Waals surface area contributed by atoms with Gasteiger partial charge < -0.3 is 4.74 Å². The summed E-state index contributed by atoms with van der Waals surface area (Å²) in [6.07, 6.45) is 11.2. The molecule has 0 radical (unpaired) electrons. The topological polar surface area (TPSA) is 26.3 Å². The highest BCUT2D eigenvalue weighted by molar-refractivity contribution is 5.74. The summed E-state index contributed by atoms with van der Waals surface area (Å²) in [4.78, 5) is 13.3. The molecule has 9 atom stereocenters. The van der Waals surface area contributed by atoms with Crippen LogP contribution in [0, 0.1) is 47.3 Å². The van der Waals surface area contributed by atoms with Crippen molar-refractivity contribution in [2.24, 2.45) is 47.3 Å². The van der Waals surface area contributed by atoms with E-state index >= 15 is 0 Å². The van der Waals surface area contributed by atoms with E-state index in [0.717, 1.165) is 37.0 Å². The van der Waals surface area contributed by atoms with E-state index in [4.69, 9.17) is 4.74 Å². The Balaban J connectivity index is 1.53. The molecule has 4 saturated carbocycles. The predicted octanol–water partition coefficient (Wildman–Crippen LogP) is 5.84. The second-order valence-corrected chi connectivity index (χ2v) is 10.0. The molecular formula is C23H38O2. The normalized spacial score (nSPS) is 51.5. The maximum Gasteiger partial charge on any atom is 0.309 e. The molecule has 0 N–H and O–H groups in total. The Labute approximate surface area is 154 Å². The van der Waals surface area contributed by atoms with Crippen molar-refractivity contribution >= 4 is 5.97 Å². The van der Waals surface area contributed by atoms with Crippen LogP contribution in [0.5, 0.6) is 0 Å². The van der Waals surface area contributed by atoms with Gasteiger partial charge in [0.2, 0.25) is 0 Å². The summed E-state index contributed by atoms with van der Waals surface area (Å²) in [6.45, 7) is 9.34. The fourth-order valence-corrected chi connectivity index (χ4v) is 7.69. The third-order valence-corrected chi connectivity index (χ3v) is 9.32. The molecule has 0 amide bonds. The zero-order chi connectivity index (χ0) is 17.8. The number of carbonyl (C=O) groups excluding carboxylic acids is 1. The summed E-state index contributed by atoms with van der Waals surface area (Å²) in [5.41, 5.74) is -0.153. The van der Waals surface area contributed by atoms with Crippen molar-refractivity contribution in [3.63, 3.8) is 0 Å². The lowest BCUT2D eigenvalue weighted by Crippen LogP contribution is -2.54. The SMILES string of the molecule is CCC1CC2CCCC(C2)C1(CC)OC(=O)C1CC2CC1C(C)C2C. The van der Waals surface area contributed by atoms with E-state index < -0.39 is 0 Å². The molecule has 2 heteroatoms. The molecule has 25 heavy (non-hydrogen) atoms. The molecule has 4 aliphatic rings. The Morgan fingerprint density at radius 1 is 1.04 bits per heavy atom. The fourth-order valence-electron chi connectivity index (χ4n) is 7.69. The van der Waals surface area contributed by atoms with Gasteiger partial charge in [0.15, 0.2) is 0 Å². The van der Waals surface area contributed by atoms with Crippen molar-refractivity contribution in [2.45, 2.75) is 91.1 Å². The maximum absolute atomic E-state index is 13.3. The average Bonchev–Trinajstić information content (AvgIpc) is 3.18. The molecule has 9 unspecified atom stereocenters. The molecule has 4 fully saturated rings. The molecule has 142 valence electrons. The first-order chi connectivity index (χ1) is 12.0.